The van der Waals surface area contributed by atoms with Crippen LogP contribution >= 0.6 is 11.6 Å². The van der Waals surface area contributed by atoms with Gasteiger partial charge in [0.25, 0.3) is 0 Å². The minimum Gasteiger partial charge on any atom is -0.267 e. The van der Waals surface area contributed by atoms with E-state index in [4.69, 9.17) is 16.7 Å². The van der Waals surface area contributed by atoms with Crippen molar-refractivity contribution >= 4 is 21.6 Å². The van der Waals surface area contributed by atoms with Crippen LogP contribution in [0.1, 0.15) is 5.56 Å². The minimum absolute atomic E-state index is 0.00586. The van der Waals surface area contributed by atoms with Gasteiger partial charge < -0.3 is 0 Å². The molecule has 0 aliphatic rings. The molecule has 1 heterocycles. The van der Waals surface area contributed by atoms with E-state index < -0.39 is 15.8 Å². The average Bonchev–Trinajstić information content (AvgIpc) is 2.72. The van der Waals surface area contributed by atoms with E-state index in [0.29, 0.717) is 5.56 Å². The first kappa shape index (κ1) is 13.0. The van der Waals surface area contributed by atoms with Crippen molar-refractivity contribution in [3.8, 4) is 0 Å². The second kappa shape index (κ2) is 4.68. The molecule has 0 aliphatic carbocycles. The van der Waals surface area contributed by atoms with Gasteiger partial charge in [-0.25, -0.2) is 17.9 Å². The van der Waals surface area contributed by atoms with Gasteiger partial charge in [-0.05, 0) is 17.7 Å². The van der Waals surface area contributed by atoms with Crippen LogP contribution in [0.2, 0.25) is 5.02 Å². The van der Waals surface area contributed by atoms with Crippen molar-refractivity contribution in [2.45, 2.75) is 11.4 Å². The normalized spacial score (nSPS) is 11.7. The molecule has 2 rings (SSSR count). The molecule has 96 valence electrons. The molecule has 0 amide bonds. The molecule has 0 radical (unpaired) electrons. The molecule has 0 spiro atoms. The molecule has 1 aromatic carbocycles. The Bertz CT molecular complexity index is 684. The van der Waals surface area contributed by atoms with Crippen LogP contribution in [0, 0.1) is 5.82 Å². The van der Waals surface area contributed by atoms with Crippen LogP contribution in [0.25, 0.3) is 0 Å². The number of benzene rings is 1. The number of hydrogen-bond donors (Lipinski definition) is 1. The highest BCUT2D eigenvalue weighted by molar-refractivity contribution is 7.89. The summed E-state index contributed by atoms with van der Waals surface area (Å²) in [5.74, 6) is -0.508. The Morgan fingerprint density at radius 2 is 2.17 bits per heavy atom. The van der Waals surface area contributed by atoms with Crippen LogP contribution in [-0.2, 0) is 16.6 Å². The highest BCUT2D eigenvalue weighted by atomic mass is 35.5. The van der Waals surface area contributed by atoms with Gasteiger partial charge in [-0.2, -0.15) is 5.10 Å². The number of sulfonamides is 1. The minimum atomic E-state index is -3.76. The zero-order chi connectivity index (χ0) is 13.3. The number of primary sulfonamides is 1. The van der Waals surface area contributed by atoms with Crippen LogP contribution in [0.3, 0.4) is 0 Å². The molecule has 1 aromatic heterocycles. The van der Waals surface area contributed by atoms with E-state index in [9.17, 15) is 12.8 Å². The summed E-state index contributed by atoms with van der Waals surface area (Å²) in [6, 6.07) is 4.23. The lowest BCUT2D eigenvalue weighted by molar-refractivity contribution is 0.597. The predicted octanol–water partition coefficient (Wildman–Crippen LogP) is 1.37. The van der Waals surface area contributed by atoms with Crippen molar-refractivity contribution in [3.63, 3.8) is 0 Å². The van der Waals surface area contributed by atoms with Crippen molar-refractivity contribution in [3.05, 3.63) is 47.0 Å². The first-order valence-electron chi connectivity index (χ1n) is 4.85. The van der Waals surface area contributed by atoms with Crippen LogP contribution < -0.4 is 5.14 Å². The molecular weight excluding hydrogens is 281 g/mol. The molecule has 0 saturated heterocycles. The second-order valence-corrected chi connectivity index (χ2v) is 5.64. The van der Waals surface area contributed by atoms with Crippen molar-refractivity contribution in [1.82, 2.24) is 9.78 Å². The molecule has 0 bridgehead atoms. The lowest BCUT2D eigenvalue weighted by atomic mass is 10.2. The summed E-state index contributed by atoms with van der Waals surface area (Å²) in [7, 11) is -3.76. The maximum atomic E-state index is 12.9. The summed E-state index contributed by atoms with van der Waals surface area (Å²) in [6.45, 7) is 0.273. The highest BCUT2D eigenvalue weighted by Gasteiger charge is 2.10. The van der Waals surface area contributed by atoms with Gasteiger partial charge in [-0.1, -0.05) is 17.7 Å². The van der Waals surface area contributed by atoms with Crippen LogP contribution in [-0.4, -0.2) is 18.2 Å². The van der Waals surface area contributed by atoms with Crippen molar-refractivity contribution in [2.24, 2.45) is 5.14 Å². The van der Waals surface area contributed by atoms with E-state index in [1.54, 1.807) is 6.07 Å². The lowest BCUT2D eigenvalue weighted by Crippen LogP contribution is -2.11. The average molecular weight is 290 g/mol. The van der Waals surface area contributed by atoms with E-state index in [0.717, 1.165) is 6.20 Å². The zero-order valence-corrected chi connectivity index (χ0v) is 10.6. The summed E-state index contributed by atoms with van der Waals surface area (Å²) < 4.78 is 36.4. The Morgan fingerprint density at radius 1 is 1.44 bits per heavy atom. The lowest BCUT2D eigenvalue weighted by Gasteiger charge is -2.02. The fourth-order valence-electron chi connectivity index (χ4n) is 1.40. The molecule has 18 heavy (non-hydrogen) atoms. The quantitative estimate of drug-likeness (QED) is 0.927. The van der Waals surface area contributed by atoms with Gasteiger partial charge in [0, 0.05) is 6.20 Å². The van der Waals surface area contributed by atoms with Gasteiger partial charge >= 0.3 is 0 Å². The standard InChI is InChI=1S/C10H9ClFN3O2S/c11-9-3-7(1-2-10(9)12)5-15-6-8(4-14-15)18(13,16)17/h1-4,6H,5H2,(H2,13,16,17). The Hall–Kier alpha value is -1.44. The third kappa shape index (κ3) is 2.87. The van der Waals surface area contributed by atoms with E-state index in [2.05, 4.69) is 5.10 Å². The molecule has 0 atom stereocenters. The van der Waals surface area contributed by atoms with Gasteiger partial charge in [0.15, 0.2) is 0 Å². The van der Waals surface area contributed by atoms with E-state index in [-0.39, 0.29) is 16.5 Å². The predicted molar refractivity (Wildman–Crippen MR) is 64.1 cm³/mol. The molecule has 0 fully saturated rings. The molecule has 2 N–H and O–H groups in total. The Kier molecular flexibility index (Phi) is 3.38. The molecule has 5 nitrogen and oxygen atoms in total. The molecule has 0 unspecified atom stereocenters. The Morgan fingerprint density at radius 3 is 2.72 bits per heavy atom. The largest absolute Gasteiger partial charge is 0.267 e. The first-order valence-corrected chi connectivity index (χ1v) is 6.78. The molecular formula is C10H9ClFN3O2S. The summed E-state index contributed by atoms with van der Waals surface area (Å²) in [5.41, 5.74) is 0.700. The van der Waals surface area contributed by atoms with Crippen LogP contribution in [0.4, 0.5) is 4.39 Å². The van der Waals surface area contributed by atoms with E-state index >= 15 is 0 Å². The number of nitrogens with two attached hydrogens (primary N) is 1. The summed E-state index contributed by atoms with van der Waals surface area (Å²) >= 11 is 5.64. The van der Waals surface area contributed by atoms with Crippen LogP contribution in [0.15, 0.2) is 35.5 Å². The maximum absolute atomic E-state index is 12.9. The summed E-state index contributed by atoms with van der Waals surface area (Å²) in [5, 5.41) is 8.81. The SMILES string of the molecule is NS(=O)(=O)c1cnn(Cc2ccc(F)c(Cl)c2)c1. The van der Waals surface area contributed by atoms with E-state index in [1.807, 2.05) is 0 Å². The highest BCUT2D eigenvalue weighted by Crippen LogP contribution is 2.17. The monoisotopic (exact) mass is 289 g/mol. The Labute approximate surface area is 108 Å². The van der Waals surface area contributed by atoms with Gasteiger partial charge in [0.1, 0.15) is 10.7 Å². The Balaban J connectivity index is 2.24. The third-order valence-electron chi connectivity index (χ3n) is 2.27. The van der Waals surface area contributed by atoms with Gasteiger partial charge in [-0.3, -0.25) is 4.68 Å². The third-order valence-corrected chi connectivity index (χ3v) is 3.42. The number of aromatic nitrogens is 2. The molecule has 2 aromatic rings. The molecule has 0 aliphatic heterocycles. The van der Waals surface area contributed by atoms with Gasteiger partial charge in [0.05, 0.1) is 17.8 Å². The van der Waals surface area contributed by atoms with Gasteiger partial charge in [0.2, 0.25) is 10.0 Å². The summed E-state index contributed by atoms with van der Waals surface area (Å²) in [6.07, 6.45) is 2.45. The fraction of sp³-hybridized carbons (Fsp3) is 0.100. The maximum Gasteiger partial charge on any atom is 0.241 e. The topological polar surface area (TPSA) is 78.0 Å². The first-order chi connectivity index (χ1) is 8.36. The number of halogens is 2. The van der Waals surface area contributed by atoms with Crippen molar-refractivity contribution in [2.75, 3.05) is 0 Å². The number of rotatable bonds is 3. The zero-order valence-electron chi connectivity index (χ0n) is 9.05. The summed E-state index contributed by atoms with van der Waals surface area (Å²) in [4.78, 5) is -0.0734. The molecule has 8 heteroatoms. The fourth-order valence-corrected chi connectivity index (χ4v) is 2.07. The number of hydrogen-bond acceptors (Lipinski definition) is 3. The van der Waals surface area contributed by atoms with E-state index in [1.165, 1.54) is 23.0 Å². The second-order valence-electron chi connectivity index (χ2n) is 3.67. The molecule has 0 saturated carbocycles. The van der Waals surface area contributed by atoms with Crippen LogP contribution in [0.5, 0.6) is 0 Å². The van der Waals surface area contributed by atoms with Crippen molar-refractivity contribution in [1.29, 1.82) is 0 Å². The number of nitrogens with zero attached hydrogens (tertiary/aromatic N) is 2. The van der Waals surface area contributed by atoms with Gasteiger partial charge in [-0.15, -0.1) is 0 Å². The smallest absolute Gasteiger partial charge is 0.241 e. The van der Waals surface area contributed by atoms with Crippen molar-refractivity contribution < 1.29 is 12.8 Å².